The van der Waals surface area contributed by atoms with Gasteiger partial charge in [-0.25, -0.2) is 0 Å². The lowest BCUT2D eigenvalue weighted by Gasteiger charge is -2.20. The topological polar surface area (TPSA) is 66.6 Å². The Labute approximate surface area is 102 Å². The number of nitro benzene ring substituents is 1. The summed E-state index contributed by atoms with van der Waals surface area (Å²) in [6.07, 6.45) is -0.534. The Bertz CT molecular complexity index is 396. The molecule has 1 aromatic carbocycles. The number of likely N-dealkylation sites (N-methyl/N-ethyl adjacent to an activating group) is 1. The Morgan fingerprint density at radius 1 is 1.62 bits per heavy atom. The van der Waals surface area contributed by atoms with Crippen LogP contribution in [0.3, 0.4) is 0 Å². The number of anilines is 1. The van der Waals surface area contributed by atoms with Crippen molar-refractivity contribution in [3.05, 3.63) is 32.8 Å². The number of hydrogen-bond donors (Lipinski definition) is 1. The summed E-state index contributed by atoms with van der Waals surface area (Å²) < 4.78 is 0.661. The molecule has 1 N–H and O–H groups in total. The van der Waals surface area contributed by atoms with Crippen LogP contribution >= 0.6 is 15.9 Å². The minimum absolute atomic E-state index is 0.0255. The first-order valence-electron chi connectivity index (χ1n) is 4.75. The molecule has 0 bridgehead atoms. The van der Waals surface area contributed by atoms with Crippen molar-refractivity contribution in [3.63, 3.8) is 0 Å². The predicted molar refractivity (Wildman–Crippen MR) is 65.7 cm³/mol. The van der Waals surface area contributed by atoms with Crippen LogP contribution in [0, 0.1) is 10.1 Å². The minimum Gasteiger partial charge on any atom is -0.392 e. The SMILES string of the molecule is CC(O)CN(C)c1ccc(Br)cc1[N+](=O)[O-]. The Hall–Kier alpha value is -1.14. The minimum atomic E-state index is -0.534. The third kappa shape index (κ3) is 3.18. The van der Waals surface area contributed by atoms with Crippen molar-refractivity contribution in [2.45, 2.75) is 13.0 Å². The quantitative estimate of drug-likeness (QED) is 0.681. The van der Waals surface area contributed by atoms with Crippen LogP contribution in [-0.4, -0.2) is 29.7 Å². The number of nitro groups is 1. The Balaban J connectivity index is 3.07. The number of nitrogens with zero attached hydrogens (tertiary/aromatic N) is 2. The maximum absolute atomic E-state index is 10.9. The molecule has 0 fully saturated rings. The molecule has 1 rings (SSSR count). The van der Waals surface area contributed by atoms with Gasteiger partial charge in [-0.1, -0.05) is 15.9 Å². The fraction of sp³-hybridized carbons (Fsp3) is 0.400. The molecule has 16 heavy (non-hydrogen) atoms. The summed E-state index contributed by atoms with van der Waals surface area (Å²) in [5, 5.41) is 20.1. The number of aliphatic hydroxyl groups excluding tert-OH is 1. The summed E-state index contributed by atoms with van der Waals surface area (Å²) in [5.74, 6) is 0. The van der Waals surface area contributed by atoms with Gasteiger partial charge in [0.15, 0.2) is 0 Å². The average molecular weight is 289 g/mol. The molecule has 1 atom stereocenters. The second kappa shape index (κ2) is 5.27. The fourth-order valence-corrected chi connectivity index (χ4v) is 1.81. The third-order valence-electron chi connectivity index (χ3n) is 2.08. The van der Waals surface area contributed by atoms with Gasteiger partial charge in [0, 0.05) is 24.1 Å². The van der Waals surface area contributed by atoms with Crippen LogP contribution in [0.2, 0.25) is 0 Å². The summed E-state index contributed by atoms with van der Waals surface area (Å²) in [6.45, 7) is 1.99. The van der Waals surface area contributed by atoms with E-state index in [1.54, 1.807) is 31.0 Å². The van der Waals surface area contributed by atoms with Gasteiger partial charge in [0.1, 0.15) is 5.69 Å². The second-order valence-electron chi connectivity index (χ2n) is 3.62. The van der Waals surface area contributed by atoms with Gasteiger partial charge in [-0.3, -0.25) is 10.1 Å². The van der Waals surface area contributed by atoms with Gasteiger partial charge in [-0.15, -0.1) is 0 Å². The monoisotopic (exact) mass is 288 g/mol. The first-order valence-corrected chi connectivity index (χ1v) is 5.54. The molecule has 0 aliphatic heterocycles. The maximum Gasteiger partial charge on any atom is 0.293 e. The molecule has 0 saturated carbocycles. The van der Waals surface area contributed by atoms with E-state index in [1.165, 1.54) is 6.07 Å². The molecule has 1 unspecified atom stereocenters. The van der Waals surface area contributed by atoms with E-state index in [1.807, 2.05) is 0 Å². The van der Waals surface area contributed by atoms with Crippen LogP contribution in [0.25, 0.3) is 0 Å². The molecule has 0 aliphatic carbocycles. The van der Waals surface area contributed by atoms with Crippen LogP contribution < -0.4 is 4.90 Å². The molecular formula is C10H13BrN2O3. The summed E-state index contributed by atoms with van der Waals surface area (Å²) in [4.78, 5) is 12.1. The second-order valence-corrected chi connectivity index (χ2v) is 4.54. The number of aliphatic hydroxyl groups is 1. The summed E-state index contributed by atoms with van der Waals surface area (Å²) in [6, 6.07) is 4.85. The fourth-order valence-electron chi connectivity index (χ4n) is 1.46. The molecule has 0 heterocycles. The van der Waals surface area contributed by atoms with Crippen LogP contribution in [0.5, 0.6) is 0 Å². The van der Waals surface area contributed by atoms with Gasteiger partial charge >= 0.3 is 0 Å². The van der Waals surface area contributed by atoms with Gasteiger partial charge in [-0.05, 0) is 19.1 Å². The van der Waals surface area contributed by atoms with Crippen molar-refractivity contribution < 1.29 is 10.0 Å². The molecule has 0 amide bonds. The van der Waals surface area contributed by atoms with E-state index in [-0.39, 0.29) is 5.69 Å². The molecule has 0 saturated heterocycles. The first kappa shape index (κ1) is 12.9. The molecular weight excluding hydrogens is 276 g/mol. The Kier molecular flexibility index (Phi) is 4.26. The smallest absolute Gasteiger partial charge is 0.293 e. The molecule has 5 nitrogen and oxygen atoms in total. The number of benzene rings is 1. The zero-order chi connectivity index (χ0) is 12.3. The highest BCUT2D eigenvalue weighted by molar-refractivity contribution is 9.10. The molecule has 0 aliphatic rings. The van der Waals surface area contributed by atoms with E-state index < -0.39 is 11.0 Å². The summed E-state index contributed by atoms with van der Waals surface area (Å²) >= 11 is 3.19. The Morgan fingerprint density at radius 3 is 2.75 bits per heavy atom. The van der Waals surface area contributed by atoms with E-state index in [4.69, 9.17) is 0 Å². The maximum atomic E-state index is 10.9. The highest BCUT2D eigenvalue weighted by atomic mass is 79.9. The van der Waals surface area contributed by atoms with Crippen molar-refractivity contribution in [2.75, 3.05) is 18.5 Å². The predicted octanol–water partition coefficient (Wildman–Crippen LogP) is 2.17. The van der Waals surface area contributed by atoms with Crippen LogP contribution in [0.4, 0.5) is 11.4 Å². The van der Waals surface area contributed by atoms with Crippen LogP contribution in [0.1, 0.15) is 6.92 Å². The van der Waals surface area contributed by atoms with E-state index >= 15 is 0 Å². The van der Waals surface area contributed by atoms with Gasteiger partial charge in [0.05, 0.1) is 11.0 Å². The zero-order valence-electron chi connectivity index (χ0n) is 9.05. The van der Waals surface area contributed by atoms with Gasteiger partial charge < -0.3 is 10.0 Å². The molecule has 0 aromatic heterocycles. The van der Waals surface area contributed by atoms with Crippen molar-refractivity contribution >= 4 is 27.3 Å². The average Bonchev–Trinajstić information content (AvgIpc) is 2.16. The highest BCUT2D eigenvalue weighted by Gasteiger charge is 2.18. The van der Waals surface area contributed by atoms with Crippen LogP contribution in [-0.2, 0) is 0 Å². The Morgan fingerprint density at radius 2 is 2.25 bits per heavy atom. The largest absolute Gasteiger partial charge is 0.392 e. The molecule has 88 valence electrons. The third-order valence-corrected chi connectivity index (χ3v) is 2.58. The van der Waals surface area contributed by atoms with Gasteiger partial charge in [0.2, 0.25) is 0 Å². The zero-order valence-corrected chi connectivity index (χ0v) is 10.6. The van der Waals surface area contributed by atoms with Crippen molar-refractivity contribution in [1.29, 1.82) is 0 Å². The number of hydrogen-bond acceptors (Lipinski definition) is 4. The van der Waals surface area contributed by atoms with Gasteiger partial charge in [0.25, 0.3) is 5.69 Å². The molecule has 6 heteroatoms. The normalized spacial score (nSPS) is 12.2. The lowest BCUT2D eigenvalue weighted by Crippen LogP contribution is -2.27. The standard InChI is InChI=1S/C10H13BrN2O3/c1-7(14)6-12(2)9-4-3-8(11)5-10(9)13(15)16/h3-5,7,14H,6H2,1-2H3. The number of rotatable bonds is 4. The van der Waals surface area contributed by atoms with Crippen molar-refractivity contribution in [3.8, 4) is 0 Å². The lowest BCUT2D eigenvalue weighted by molar-refractivity contribution is -0.384. The summed E-state index contributed by atoms with van der Waals surface area (Å²) in [5.41, 5.74) is 0.520. The molecule has 0 spiro atoms. The van der Waals surface area contributed by atoms with Crippen molar-refractivity contribution in [2.24, 2.45) is 0 Å². The highest BCUT2D eigenvalue weighted by Crippen LogP contribution is 2.30. The number of halogens is 1. The summed E-state index contributed by atoms with van der Waals surface area (Å²) in [7, 11) is 1.71. The van der Waals surface area contributed by atoms with E-state index in [2.05, 4.69) is 15.9 Å². The van der Waals surface area contributed by atoms with E-state index in [9.17, 15) is 15.2 Å². The molecule has 1 aromatic rings. The molecule has 0 radical (unpaired) electrons. The van der Waals surface area contributed by atoms with Gasteiger partial charge in [-0.2, -0.15) is 0 Å². The lowest BCUT2D eigenvalue weighted by atomic mass is 10.2. The first-order chi connectivity index (χ1) is 7.41. The van der Waals surface area contributed by atoms with Crippen molar-refractivity contribution in [1.82, 2.24) is 0 Å². The van der Waals surface area contributed by atoms with Crippen LogP contribution in [0.15, 0.2) is 22.7 Å². The van der Waals surface area contributed by atoms with E-state index in [0.717, 1.165) is 0 Å². The van der Waals surface area contributed by atoms with E-state index in [0.29, 0.717) is 16.7 Å².